The van der Waals surface area contributed by atoms with Crippen molar-refractivity contribution in [1.82, 2.24) is 21.0 Å². The van der Waals surface area contributed by atoms with E-state index in [9.17, 15) is 14.0 Å². The van der Waals surface area contributed by atoms with Gasteiger partial charge in [-0.15, -0.1) is 0 Å². The molecule has 0 aliphatic rings. The fourth-order valence-electron chi connectivity index (χ4n) is 2.39. The van der Waals surface area contributed by atoms with Gasteiger partial charge in [-0.05, 0) is 42.8 Å². The number of carbonyl (C=O) groups is 2. The highest BCUT2D eigenvalue weighted by Gasteiger charge is 2.12. The molecule has 9 heteroatoms. The molecule has 1 heterocycles. The molecule has 0 unspecified atom stereocenters. The van der Waals surface area contributed by atoms with E-state index in [1.807, 2.05) is 19.1 Å². The number of nitrogens with one attached hydrogen (secondary N) is 2. The fraction of sp³-hybridized carbons (Fsp3) is 0.200. The number of hydrazine groups is 1. The third kappa shape index (κ3) is 5.86. The number of hydrogen-bond donors (Lipinski definition) is 2. The Balaban J connectivity index is 1.39. The van der Waals surface area contributed by atoms with Crippen molar-refractivity contribution in [3.05, 3.63) is 65.8 Å². The second-order valence-corrected chi connectivity index (χ2v) is 6.17. The molecule has 29 heavy (non-hydrogen) atoms. The minimum absolute atomic E-state index is 0.0317. The lowest BCUT2D eigenvalue weighted by Gasteiger charge is -2.09. The van der Waals surface area contributed by atoms with Crippen LogP contribution in [0.5, 0.6) is 5.75 Å². The zero-order valence-corrected chi connectivity index (χ0v) is 15.6. The largest absolute Gasteiger partial charge is 0.483 e. The third-order valence-corrected chi connectivity index (χ3v) is 3.93. The molecule has 0 fully saturated rings. The topological polar surface area (TPSA) is 106 Å². The van der Waals surface area contributed by atoms with E-state index in [4.69, 9.17) is 9.26 Å². The molecule has 2 N–H and O–H groups in total. The first-order chi connectivity index (χ1) is 14.0. The van der Waals surface area contributed by atoms with Gasteiger partial charge in [-0.25, -0.2) is 4.39 Å². The molecule has 0 spiro atoms. The lowest BCUT2D eigenvalue weighted by molar-refractivity contribution is -0.130. The first-order valence-electron chi connectivity index (χ1n) is 8.86. The summed E-state index contributed by atoms with van der Waals surface area (Å²) in [5, 5.41) is 3.80. The standard InChI is InChI=1S/C20H19FN4O4/c1-13-4-2-3-5-16(13)28-12-18(27)24-23-17(26)10-11-19-22-20(25-29-19)14-6-8-15(21)9-7-14/h2-9H,10-12H2,1H3,(H,23,26)(H,24,27). The van der Waals surface area contributed by atoms with E-state index >= 15 is 0 Å². The van der Waals surface area contributed by atoms with Crippen molar-refractivity contribution in [2.24, 2.45) is 0 Å². The molecule has 0 atom stereocenters. The molecule has 0 aliphatic heterocycles. The molecule has 0 aliphatic carbocycles. The molecule has 2 aromatic carbocycles. The Bertz CT molecular complexity index is 988. The Hall–Kier alpha value is -3.75. The van der Waals surface area contributed by atoms with E-state index in [1.165, 1.54) is 24.3 Å². The number of rotatable bonds is 7. The van der Waals surface area contributed by atoms with Gasteiger partial charge in [0.25, 0.3) is 5.91 Å². The van der Waals surface area contributed by atoms with Crippen LogP contribution in [0.15, 0.2) is 53.1 Å². The molecule has 8 nitrogen and oxygen atoms in total. The van der Waals surface area contributed by atoms with Crippen molar-refractivity contribution in [3.8, 4) is 17.1 Å². The zero-order valence-electron chi connectivity index (χ0n) is 15.6. The maximum absolute atomic E-state index is 13.0. The van der Waals surface area contributed by atoms with Crippen LogP contribution in [0.1, 0.15) is 17.9 Å². The van der Waals surface area contributed by atoms with Crippen LogP contribution in [0.3, 0.4) is 0 Å². The van der Waals surface area contributed by atoms with E-state index in [0.29, 0.717) is 17.1 Å². The summed E-state index contributed by atoms with van der Waals surface area (Å²) >= 11 is 0. The number of aryl methyl sites for hydroxylation is 2. The number of hydrogen-bond acceptors (Lipinski definition) is 6. The molecule has 2 amide bonds. The summed E-state index contributed by atoms with van der Waals surface area (Å²) in [7, 11) is 0. The Kier molecular flexibility index (Phi) is 6.51. The lowest BCUT2D eigenvalue weighted by atomic mass is 10.2. The Morgan fingerprint density at radius 2 is 1.79 bits per heavy atom. The molecular formula is C20H19FN4O4. The van der Waals surface area contributed by atoms with Crippen LogP contribution in [-0.4, -0.2) is 28.6 Å². The highest BCUT2D eigenvalue weighted by atomic mass is 19.1. The highest BCUT2D eigenvalue weighted by Crippen LogP contribution is 2.17. The summed E-state index contributed by atoms with van der Waals surface area (Å²) < 4.78 is 23.4. The number of benzene rings is 2. The summed E-state index contributed by atoms with van der Waals surface area (Å²) in [6, 6.07) is 13.0. The maximum atomic E-state index is 13.0. The molecule has 0 bridgehead atoms. The smallest absolute Gasteiger partial charge is 0.276 e. The Labute approximate surface area is 166 Å². The first-order valence-corrected chi connectivity index (χ1v) is 8.86. The Morgan fingerprint density at radius 3 is 2.55 bits per heavy atom. The summed E-state index contributed by atoms with van der Waals surface area (Å²) in [4.78, 5) is 27.8. The van der Waals surface area contributed by atoms with Gasteiger partial charge >= 0.3 is 0 Å². The lowest BCUT2D eigenvalue weighted by Crippen LogP contribution is -2.43. The normalized spacial score (nSPS) is 10.4. The molecule has 3 aromatic rings. The van der Waals surface area contributed by atoms with Crippen molar-refractivity contribution < 1.29 is 23.2 Å². The minimum Gasteiger partial charge on any atom is -0.483 e. The summed E-state index contributed by atoms with van der Waals surface area (Å²) in [5.74, 6) is -0.104. The van der Waals surface area contributed by atoms with Crippen LogP contribution >= 0.6 is 0 Å². The first kappa shape index (κ1) is 20.0. The Morgan fingerprint density at radius 1 is 1.07 bits per heavy atom. The maximum Gasteiger partial charge on any atom is 0.276 e. The fourth-order valence-corrected chi connectivity index (χ4v) is 2.39. The minimum atomic E-state index is -0.488. The summed E-state index contributed by atoms with van der Waals surface area (Å²) in [5.41, 5.74) is 6.09. The van der Waals surface area contributed by atoms with Crippen molar-refractivity contribution in [2.75, 3.05) is 6.61 Å². The second-order valence-electron chi connectivity index (χ2n) is 6.17. The number of carbonyl (C=O) groups excluding carboxylic acids is 2. The average Bonchev–Trinajstić information content (AvgIpc) is 3.19. The second kappa shape index (κ2) is 9.45. The van der Waals surface area contributed by atoms with Crippen LogP contribution in [0.25, 0.3) is 11.4 Å². The van der Waals surface area contributed by atoms with E-state index in [1.54, 1.807) is 12.1 Å². The number of para-hydroxylation sites is 1. The van der Waals surface area contributed by atoms with E-state index in [-0.39, 0.29) is 31.2 Å². The van der Waals surface area contributed by atoms with Gasteiger partial charge in [0.15, 0.2) is 6.61 Å². The predicted molar refractivity (Wildman–Crippen MR) is 101 cm³/mol. The quantitative estimate of drug-likeness (QED) is 0.592. The van der Waals surface area contributed by atoms with Crippen molar-refractivity contribution in [1.29, 1.82) is 0 Å². The molecular weight excluding hydrogens is 379 g/mol. The number of aromatic nitrogens is 2. The molecule has 0 saturated carbocycles. The number of halogens is 1. The molecule has 3 rings (SSSR count). The molecule has 1 aromatic heterocycles. The van der Waals surface area contributed by atoms with Gasteiger partial charge in [0.1, 0.15) is 11.6 Å². The van der Waals surface area contributed by atoms with Gasteiger partial charge in [-0.1, -0.05) is 23.4 Å². The van der Waals surface area contributed by atoms with Crippen molar-refractivity contribution in [3.63, 3.8) is 0 Å². The highest BCUT2D eigenvalue weighted by molar-refractivity contribution is 5.82. The van der Waals surface area contributed by atoms with E-state index < -0.39 is 11.8 Å². The molecule has 150 valence electrons. The van der Waals surface area contributed by atoms with Crippen LogP contribution < -0.4 is 15.6 Å². The van der Waals surface area contributed by atoms with Gasteiger partial charge in [0.2, 0.25) is 17.6 Å². The van der Waals surface area contributed by atoms with Gasteiger partial charge in [0, 0.05) is 18.4 Å². The SMILES string of the molecule is Cc1ccccc1OCC(=O)NNC(=O)CCc1nc(-c2ccc(F)cc2)no1. The van der Waals surface area contributed by atoms with Gasteiger partial charge in [0.05, 0.1) is 0 Å². The number of amides is 2. The molecule has 0 saturated heterocycles. The zero-order chi connectivity index (χ0) is 20.6. The summed E-state index contributed by atoms with van der Waals surface area (Å²) in [6.07, 6.45) is 0.222. The average molecular weight is 398 g/mol. The monoisotopic (exact) mass is 398 g/mol. The van der Waals surface area contributed by atoms with Gasteiger partial charge in [-0.3, -0.25) is 20.4 Å². The number of nitrogens with zero attached hydrogens (tertiary/aromatic N) is 2. The van der Waals surface area contributed by atoms with Gasteiger partial charge < -0.3 is 9.26 Å². The summed E-state index contributed by atoms with van der Waals surface area (Å²) in [6.45, 7) is 1.64. The number of ether oxygens (including phenoxy) is 1. The van der Waals surface area contributed by atoms with Crippen LogP contribution in [0.4, 0.5) is 4.39 Å². The van der Waals surface area contributed by atoms with Crippen LogP contribution in [-0.2, 0) is 16.0 Å². The van der Waals surface area contributed by atoms with Gasteiger partial charge in [-0.2, -0.15) is 4.98 Å². The van der Waals surface area contributed by atoms with Crippen molar-refractivity contribution in [2.45, 2.75) is 19.8 Å². The van der Waals surface area contributed by atoms with E-state index in [0.717, 1.165) is 5.56 Å². The molecule has 0 radical (unpaired) electrons. The van der Waals surface area contributed by atoms with Crippen molar-refractivity contribution >= 4 is 11.8 Å². The van der Waals surface area contributed by atoms with Crippen LogP contribution in [0.2, 0.25) is 0 Å². The van der Waals surface area contributed by atoms with Crippen LogP contribution in [0, 0.1) is 12.7 Å². The third-order valence-electron chi connectivity index (χ3n) is 3.93. The predicted octanol–water partition coefficient (Wildman–Crippen LogP) is 2.34. The van der Waals surface area contributed by atoms with E-state index in [2.05, 4.69) is 21.0 Å².